The summed E-state index contributed by atoms with van der Waals surface area (Å²) in [5, 5.41) is 0. The van der Waals surface area contributed by atoms with Crippen LogP contribution in [0.3, 0.4) is 0 Å². The maximum atomic E-state index is 13.2. The summed E-state index contributed by atoms with van der Waals surface area (Å²) in [5.41, 5.74) is 3.78. The van der Waals surface area contributed by atoms with Crippen molar-refractivity contribution in [2.24, 2.45) is 0 Å². The minimum atomic E-state index is -0.387. The zero-order chi connectivity index (χ0) is 16.4. The standard InChI is InChI=1S/C19H16FNO2/c1-13-18(19(22)23-2)17(14-6-4-3-5-7-14)12-21(13)16-10-8-15(20)9-11-16/h3-12H,1-2H3. The topological polar surface area (TPSA) is 31.2 Å². The first-order valence-corrected chi connectivity index (χ1v) is 7.23. The normalized spacial score (nSPS) is 10.6. The van der Waals surface area contributed by atoms with E-state index in [4.69, 9.17) is 4.74 Å². The van der Waals surface area contributed by atoms with E-state index in [1.165, 1.54) is 19.2 Å². The number of carbonyl (C=O) groups is 1. The molecule has 4 heteroatoms. The van der Waals surface area contributed by atoms with Crippen LogP contribution in [-0.2, 0) is 4.74 Å². The van der Waals surface area contributed by atoms with Gasteiger partial charge in [-0.2, -0.15) is 0 Å². The number of ether oxygens (including phenoxy) is 1. The molecule has 3 rings (SSSR count). The molecule has 0 unspecified atom stereocenters. The van der Waals surface area contributed by atoms with Crippen molar-refractivity contribution in [1.82, 2.24) is 4.57 Å². The molecule has 0 bridgehead atoms. The predicted molar refractivity (Wildman–Crippen MR) is 87.2 cm³/mol. The van der Waals surface area contributed by atoms with Crippen LogP contribution in [0.5, 0.6) is 0 Å². The van der Waals surface area contributed by atoms with Gasteiger partial charge in [0.25, 0.3) is 0 Å². The number of hydrogen-bond acceptors (Lipinski definition) is 2. The van der Waals surface area contributed by atoms with Gasteiger partial charge in [-0.25, -0.2) is 9.18 Å². The Labute approximate surface area is 134 Å². The molecule has 0 saturated carbocycles. The Kier molecular flexibility index (Phi) is 3.98. The van der Waals surface area contributed by atoms with E-state index in [1.54, 1.807) is 12.1 Å². The molecule has 1 heterocycles. The van der Waals surface area contributed by atoms with Gasteiger partial charge >= 0.3 is 5.97 Å². The largest absolute Gasteiger partial charge is 0.465 e. The first-order chi connectivity index (χ1) is 11.1. The van der Waals surface area contributed by atoms with E-state index in [1.807, 2.05) is 48.0 Å². The van der Waals surface area contributed by atoms with Gasteiger partial charge in [0.15, 0.2) is 0 Å². The number of carbonyl (C=O) groups excluding carboxylic acids is 1. The smallest absolute Gasteiger partial charge is 0.340 e. The zero-order valence-electron chi connectivity index (χ0n) is 12.9. The molecule has 0 aliphatic rings. The molecule has 0 saturated heterocycles. The minimum Gasteiger partial charge on any atom is -0.465 e. The first kappa shape index (κ1) is 15.0. The van der Waals surface area contributed by atoms with E-state index in [0.29, 0.717) is 5.56 Å². The second kappa shape index (κ2) is 6.08. The Bertz CT molecular complexity index is 836. The van der Waals surface area contributed by atoms with Crippen LogP contribution in [0.1, 0.15) is 16.1 Å². The molecule has 0 aliphatic carbocycles. The van der Waals surface area contributed by atoms with Crippen molar-refractivity contribution in [3.05, 3.63) is 77.9 Å². The predicted octanol–water partition coefficient (Wildman–Crippen LogP) is 4.38. The number of benzene rings is 2. The number of halogens is 1. The van der Waals surface area contributed by atoms with Gasteiger partial charge < -0.3 is 9.30 Å². The fraction of sp³-hybridized carbons (Fsp3) is 0.105. The van der Waals surface area contributed by atoms with E-state index < -0.39 is 0 Å². The molecule has 3 aromatic rings. The van der Waals surface area contributed by atoms with Gasteiger partial charge in [-0.3, -0.25) is 0 Å². The van der Waals surface area contributed by atoms with Crippen LogP contribution in [0.4, 0.5) is 4.39 Å². The summed E-state index contributed by atoms with van der Waals surface area (Å²) in [6, 6.07) is 15.8. The molecule has 0 spiro atoms. The number of hydrogen-bond donors (Lipinski definition) is 0. The molecule has 23 heavy (non-hydrogen) atoms. The van der Waals surface area contributed by atoms with Crippen molar-refractivity contribution in [3.8, 4) is 16.8 Å². The Morgan fingerprint density at radius 1 is 1.04 bits per heavy atom. The number of esters is 1. The molecular weight excluding hydrogens is 293 g/mol. The summed E-state index contributed by atoms with van der Waals surface area (Å²) in [7, 11) is 1.37. The van der Waals surface area contributed by atoms with Crippen LogP contribution in [0.15, 0.2) is 60.8 Å². The lowest BCUT2D eigenvalue weighted by molar-refractivity contribution is 0.0601. The summed E-state index contributed by atoms with van der Waals surface area (Å²) in [5.74, 6) is -0.683. The fourth-order valence-electron chi connectivity index (χ4n) is 2.67. The second-order valence-electron chi connectivity index (χ2n) is 5.21. The van der Waals surface area contributed by atoms with Gasteiger partial charge in [-0.15, -0.1) is 0 Å². The van der Waals surface area contributed by atoms with Crippen LogP contribution in [0.25, 0.3) is 16.8 Å². The number of nitrogens with zero attached hydrogens (tertiary/aromatic N) is 1. The van der Waals surface area contributed by atoms with Crippen LogP contribution in [0.2, 0.25) is 0 Å². The highest BCUT2D eigenvalue weighted by Gasteiger charge is 2.21. The average molecular weight is 309 g/mol. The summed E-state index contributed by atoms with van der Waals surface area (Å²) in [4.78, 5) is 12.2. The Morgan fingerprint density at radius 2 is 1.70 bits per heavy atom. The van der Waals surface area contributed by atoms with Gasteiger partial charge in [0.2, 0.25) is 0 Å². The molecule has 0 atom stereocenters. The van der Waals surface area contributed by atoms with Gasteiger partial charge in [-0.05, 0) is 36.8 Å². The summed E-state index contributed by atoms with van der Waals surface area (Å²) in [6.07, 6.45) is 1.88. The quantitative estimate of drug-likeness (QED) is 0.672. The third-order valence-electron chi connectivity index (χ3n) is 3.83. The highest BCUT2D eigenvalue weighted by molar-refractivity contribution is 5.99. The maximum Gasteiger partial charge on any atom is 0.340 e. The zero-order valence-corrected chi connectivity index (χ0v) is 12.9. The number of aromatic nitrogens is 1. The van der Waals surface area contributed by atoms with Crippen molar-refractivity contribution in [2.45, 2.75) is 6.92 Å². The molecule has 0 amide bonds. The molecule has 116 valence electrons. The van der Waals surface area contributed by atoms with Gasteiger partial charge in [0.1, 0.15) is 5.82 Å². The fourth-order valence-corrected chi connectivity index (χ4v) is 2.67. The van der Waals surface area contributed by atoms with E-state index in [-0.39, 0.29) is 11.8 Å². The SMILES string of the molecule is COC(=O)c1c(-c2ccccc2)cn(-c2ccc(F)cc2)c1C. The van der Waals surface area contributed by atoms with Crippen LogP contribution < -0.4 is 0 Å². The highest BCUT2D eigenvalue weighted by Crippen LogP contribution is 2.30. The van der Waals surface area contributed by atoms with Crippen molar-refractivity contribution in [2.75, 3.05) is 7.11 Å². The van der Waals surface area contributed by atoms with Crippen molar-refractivity contribution in [1.29, 1.82) is 0 Å². The molecule has 0 radical (unpaired) electrons. The van der Waals surface area contributed by atoms with Crippen molar-refractivity contribution < 1.29 is 13.9 Å². The molecule has 0 aliphatic heterocycles. The lowest BCUT2D eigenvalue weighted by Crippen LogP contribution is -2.05. The van der Waals surface area contributed by atoms with Crippen LogP contribution in [0, 0.1) is 12.7 Å². The molecule has 0 fully saturated rings. The van der Waals surface area contributed by atoms with Crippen molar-refractivity contribution >= 4 is 5.97 Å². The van der Waals surface area contributed by atoms with Crippen LogP contribution in [-0.4, -0.2) is 17.6 Å². The Hall–Kier alpha value is -2.88. The van der Waals surface area contributed by atoms with Crippen molar-refractivity contribution in [3.63, 3.8) is 0 Å². The third kappa shape index (κ3) is 2.75. The van der Waals surface area contributed by atoms with E-state index >= 15 is 0 Å². The third-order valence-corrected chi connectivity index (χ3v) is 3.83. The van der Waals surface area contributed by atoms with E-state index in [9.17, 15) is 9.18 Å². The van der Waals surface area contributed by atoms with Crippen LogP contribution >= 0.6 is 0 Å². The number of methoxy groups -OCH3 is 1. The number of rotatable bonds is 3. The minimum absolute atomic E-state index is 0.296. The second-order valence-corrected chi connectivity index (χ2v) is 5.21. The summed E-state index contributed by atoms with van der Waals surface area (Å²) >= 11 is 0. The molecule has 3 nitrogen and oxygen atoms in total. The maximum absolute atomic E-state index is 13.2. The Balaban J connectivity index is 2.22. The summed E-state index contributed by atoms with van der Waals surface area (Å²) in [6.45, 7) is 1.85. The average Bonchev–Trinajstić information content (AvgIpc) is 2.93. The lowest BCUT2D eigenvalue weighted by atomic mass is 10.0. The monoisotopic (exact) mass is 309 g/mol. The van der Waals surface area contributed by atoms with Gasteiger partial charge in [0, 0.05) is 23.1 Å². The van der Waals surface area contributed by atoms with E-state index in [2.05, 4.69) is 0 Å². The van der Waals surface area contributed by atoms with Gasteiger partial charge in [0.05, 0.1) is 12.7 Å². The lowest BCUT2D eigenvalue weighted by Gasteiger charge is -2.06. The Morgan fingerprint density at radius 3 is 2.30 bits per heavy atom. The van der Waals surface area contributed by atoms with E-state index in [0.717, 1.165) is 22.5 Å². The molecular formula is C19H16FNO2. The first-order valence-electron chi connectivity index (χ1n) is 7.23. The summed E-state index contributed by atoms with van der Waals surface area (Å²) < 4.78 is 20.0. The molecule has 0 N–H and O–H groups in total. The molecule has 2 aromatic carbocycles. The highest BCUT2D eigenvalue weighted by atomic mass is 19.1. The molecule has 1 aromatic heterocycles. The van der Waals surface area contributed by atoms with Gasteiger partial charge in [-0.1, -0.05) is 30.3 Å².